The molecule has 2 fully saturated rings. The van der Waals surface area contributed by atoms with Crippen molar-refractivity contribution in [1.29, 1.82) is 0 Å². The molecule has 0 radical (unpaired) electrons. The number of carbonyl (C=O) groups is 2. The fraction of sp³-hybridized carbons (Fsp3) is 0.632. The van der Waals surface area contributed by atoms with Gasteiger partial charge >= 0.3 is 11.9 Å². The number of aromatic nitrogens is 6. The first-order valence-electron chi connectivity index (χ1n) is 19.2. The molecule has 298 valence electrons. The molecule has 4 aromatic rings. The summed E-state index contributed by atoms with van der Waals surface area (Å²) in [6.07, 6.45) is 3.68. The number of pyridine rings is 2. The topological polar surface area (TPSA) is 167 Å². The fourth-order valence-electron chi connectivity index (χ4n) is 6.60. The molecular weight excluding hydrogens is 692 g/mol. The van der Waals surface area contributed by atoms with Crippen molar-refractivity contribution in [1.82, 2.24) is 48.7 Å². The van der Waals surface area contributed by atoms with Crippen LogP contribution in [0.2, 0.25) is 0 Å². The van der Waals surface area contributed by atoms with E-state index in [2.05, 4.69) is 66.4 Å². The molecule has 0 aliphatic carbocycles. The Morgan fingerprint density at radius 2 is 1.02 bits per heavy atom. The Bertz CT molecular complexity index is 1600. The number of aliphatic carboxylic acids is 2. The van der Waals surface area contributed by atoms with Crippen LogP contribution in [0.25, 0.3) is 22.3 Å². The van der Waals surface area contributed by atoms with Crippen LogP contribution < -0.4 is 0 Å². The molecule has 2 N–H and O–H groups in total. The van der Waals surface area contributed by atoms with Gasteiger partial charge in [0.15, 0.2) is 11.3 Å². The van der Waals surface area contributed by atoms with Gasteiger partial charge in [-0.2, -0.15) is 0 Å². The molecule has 4 aromatic heterocycles. The summed E-state index contributed by atoms with van der Waals surface area (Å²) < 4.78 is 15.5. The summed E-state index contributed by atoms with van der Waals surface area (Å²) in [7, 11) is 0. The molecule has 6 rings (SSSR count). The molecule has 2 saturated heterocycles. The molecular formula is C38H60N10O6. The summed E-state index contributed by atoms with van der Waals surface area (Å²) in [5.41, 5.74) is 3.88. The van der Waals surface area contributed by atoms with Crippen LogP contribution in [0.15, 0.2) is 36.7 Å². The molecule has 0 amide bonds. The minimum atomic E-state index is -1.82. The highest BCUT2D eigenvalue weighted by atomic mass is 16.5. The van der Waals surface area contributed by atoms with Crippen LogP contribution in [0.5, 0.6) is 0 Å². The van der Waals surface area contributed by atoms with Crippen molar-refractivity contribution >= 4 is 34.3 Å². The molecule has 0 bridgehead atoms. The highest BCUT2D eigenvalue weighted by Crippen LogP contribution is 2.18. The quantitative estimate of drug-likeness (QED) is 0.142. The molecule has 54 heavy (non-hydrogen) atoms. The summed E-state index contributed by atoms with van der Waals surface area (Å²) in [5.74, 6) is -1.45. The number of rotatable bonds is 14. The van der Waals surface area contributed by atoms with E-state index >= 15 is 0 Å². The van der Waals surface area contributed by atoms with Crippen LogP contribution in [0, 0.1) is 0 Å². The van der Waals surface area contributed by atoms with Gasteiger partial charge in [0.25, 0.3) is 0 Å². The maximum Gasteiger partial charge on any atom is 0.414 e. The summed E-state index contributed by atoms with van der Waals surface area (Å²) in [6.45, 7) is 28.3. The molecule has 0 saturated carbocycles. The van der Waals surface area contributed by atoms with Gasteiger partial charge in [0.2, 0.25) is 0 Å². The smallest absolute Gasteiger partial charge is 0.414 e. The van der Waals surface area contributed by atoms with Gasteiger partial charge in [-0.1, -0.05) is 0 Å². The number of carboxylic acid groups (broad SMARTS) is 2. The van der Waals surface area contributed by atoms with Crippen LogP contribution in [-0.2, 0) is 45.2 Å². The van der Waals surface area contributed by atoms with Crippen molar-refractivity contribution in [3.8, 4) is 0 Å². The van der Waals surface area contributed by atoms with Crippen molar-refractivity contribution < 1.29 is 29.3 Å². The highest BCUT2D eigenvalue weighted by molar-refractivity contribution is 6.27. The van der Waals surface area contributed by atoms with E-state index in [0.29, 0.717) is 25.3 Å². The van der Waals surface area contributed by atoms with Gasteiger partial charge in [0.1, 0.15) is 22.7 Å². The SMILES string of the molecule is CCOCCn1c(CN2CCN(C(C)C)CC2)nc2cccnc21.CCOCCn1c(CN2CCN(C(C)C)CC2)nc2cccnc21.O=C(O)C(=O)O. The largest absolute Gasteiger partial charge is 0.473 e. The number of imidazole rings is 2. The zero-order valence-corrected chi connectivity index (χ0v) is 32.9. The van der Waals surface area contributed by atoms with Crippen LogP contribution in [0.1, 0.15) is 53.2 Å². The third kappa shape index (κ3) is 12.5. The first-order chi connectivity index (χ1) is 26.0. The minimum Gasteiger partial charge on any atom is -0.473 e. The lowest BCUT2D eigenvalue weighted by Crippen LogP contribution is -2.48. The van der Waals surface area contributed by atoms with E-state index < -0.39 is 11.9 Å². The van der Waals surface area contributed by atoms with E-state index in [1.807, 2.05) is 50.5 Å². The van der Waals surface area contributed by atoms with Crippen molar-refractivity contribution in [3.63, 3.8) is 0 Å². The van der Waals surface area contributed by atoms with Gasteiger partial charge in [-0.05, 0) is 65.8 Å². The average Bonchev–Trinajstić information content (AvgIpc) is 3.69. The van der Waals surface area contributed by atoms with Gasteiger partial charge in [0, 0.05) is 103 Å². The average molecular weight is 753 g/mol. The Morgan fingerprint density at radius 1 is 0.648 bits per heavy atom. The molecule has 0 aromatic carbocycles. The zero-order valence-electron chi connectivity index (χ0n) is 32.9. The lowest BCUT2D eigenvalue weighted by Gasteiger charge is -2.36. The molecule has 6 heterocycles. The second kappa shape index (κ2) is 21.7. The summed E-state index contributed by atoms with van der Waals surface area (Å²) in [5, 5.41) is 14.8. The van der Waals surface area contributed by atoms with E-state index in [9.17, 15) is 0 Å². The molecule has 2 aliphatic heterocycles. The highest BCUT2D eigenvalue weighted by Gasteiger charge is 2.23. The van der Waals surface area contributed by atoms with Crippen molar-refractivity contribution in [3.05, 3.63) is 48.3 Å². The molecule has 2 aliphatic rings. The van der Waals surface area contributed by atoms with Crippen molar-refractivity contribution in [2.24, 2.45) is 0 Å². The Hall–Kier alpha value is -4.06. The summed E-state index contributed by atoms with van der Waals surface area (Å²) in [6, 6.07) is 9.25. The number of carboxylic acids is 2. The Labute approximate surface area is 318 Å². The number of fused-ring (bicyclic) bond motifs is 2. The lowest BCUT2D eigenvalue weighted by atomic mass is 10.2. The normalized spacial score (nSPS) is 16.1. The van der Waals surface area contributed by atoms with Gasteiger partial charge in [-0.15, -0.1) is 0 Å². The predicted octanol–water partition coefficient (Wildman–Crippen LogP) is 3.14. The maximum absolute atomic E-state index is 9.10. The van der Waals surface area contributed by atoms with E-state index in [-0.39, 0.29) is 0 Å². The van der Waals surface area contributed by atoms with Crippen molar-refractivity contribution in [2.75, 3.05) is 78.8 Å². The van der Waals surface area contributed by atoms with Crippen molar-refractivity contribution in [2.45, 2.75) is 79.8 Å². The van der Waals surface area contributed by atoms with Gasteiger partial charge in [0.05, 0.1) is 26.3 Å². The van der Waals surface area contributed by atoms with E-state index in [0.717, 1.165) is 126 Å². The number of nitrogens with zero attached hydrogens (tertiary/aromatic N) is 10. The van der Waals surface area contributed by atoms with E-state index in [4.69, 9.17) is 39.2 Å². The predicted molar refractivity (Wildman–Crippen MR) is 207 cm³/mol. The van der Waals surface area contributed by atoms with Crippen LogP contribution in [0.3, 0.4) is 0 Å². The van der Waals surface area contributed by atoms with E-state index in [1.165, 1.54) is 0 Å². The second-order valence-corrected chi connectivity index (χ2v) is 13.9. The standard InChI is InChI=1S/2C18H29N5O.C2H2O4/c2*1-4-24-13-12-23-17(20-16-6-5-7-19-18(16)23)14-21-8-10-22(11-9-21)15(2)3;3-1(4)2(5)6/h2*5-7,15H,4,8-14H2,1-3H3;(H,3,4)(H,5,6). The number of ether oxygens (including phenoxy) is 2. The number of hydrogen-bond acceptors (Lipinski definition) is 12. The van der Waals surface area contributed by atoms with Gasteiger partial charge in [-0.25, -0.2) is 29.5 Å². The zero-order chi connectivity index (χ0) is 39.0. The van der Waals surface area contributed by atoms with Gasteiger partial charge in [-0.3, -0.25) is 19.6 Å². The monoisotopic (exact) mass is 752 g/mol. The number of piperazine rings is 2. The van der Waals surface area contributed by atoms with E-state index in [1.54, 1.807) is 0 Å². The van der Waals surface area contributed by atoms with Crippen LogP contribution >= 0.6 is 0 Å². The second-order valence-electron chi connectivity index (χ2n) is 13.9. The Morgan fingerprint density at radius 3 is 1.33 bits per heavy atom. The Kier molecular flexibility index (Phi) is 17.2. The van der Waals surface area contributed by atoms with Crippen LogP contribution in [0.4, 0.5) is 0 Å². The van der Waals surface area contributed by atoms with Crippen LogP contribution in [-0.4, -0.2) is 162 Å². The molecule has 0 atom stereocenters. The fourth-order valence-corrected chi connectivity index (χ4v) is 6.60. The first kappa shape index (κ1) is 42.7. The lowest BCUT2D eigenvalue weighted by molar-refractivity contribution is -0.159. The Balaban J connectivity index is 0.000000209. The minimum absolute atomic E-state index is 0.632. The van der Waals surface area contributed by atoms with Gasteiger partial charge < -0.3 is 28.8 Å². The third-order valence-electron chi connectivity index (χ3n) is 9.68. The summed E-state index contributed by atoms with van der Waals surface area (Å²) in [4.78, 5) is 47.0. The molecule has 0 unspecified atom stereocenters. The molecule has 16 nitrogen and oxygen atoms in total. The third-order valence-corrected chi connectivity index (χ3v) is 9.68. The maximum atomic E-state index is 9.10. The first-order valence-corrected chi connectivity index (χ1v) is 19.2. The molecule has 0 spiro atoms. The number of hydrogen-bond donors (Lipinski definition) is 2. The summed E-state index contributed by atoms with van der Waals surface area (Å²) >= 11 is 0. The molecule has 16 heteroatoms.